The van der Waals surface area contributed by atoms with E-state index < -0.39 is 0 Å². The van der Waals surface area contributed by atoms with Crippen LogP contribution in [0.4, 0.5) is 5.00 Å². The van der Waals surface area contributed by atoms with E-state index in [2.05, 4.69) is 5.32 Å². The summed E-state index contributed by atoms with van der Waals surface area (Å²) in [6, 6.07) is 0. The van der Waals surface area contributed by atoms with Crippen molar-refractivity contribution in [1.29, 1.82) is 0 Å². The zero-order chi connectivity index (χ0) is 13.3. The van der Waals surface area contributed by atoms with Gasteiger partial charge >= 0.3 is 5.97 Å². The Morgan fingerprint density at radius 1 is 1.39 bits per heavy atom. The van der Waals surface area contributed by atoms with Crippen molar-refractivity contribution in [2.24, 2.45) is 5.92 Å². The van der Waals surface area contributed by atoms with Gasteiger partial charge < -0.3 is 10.1 Å². The Morgan fingerprint density at radius 3 is 2.61 bits per heavy atom. The highest BCUT2D eigenvalue weighted by Gasteiger charge is 2.31. The highest BCUT2D eigenvalue weighted by atomic mass is 32.1. The maximum atomic E-state index is 11.9. The minimum atomic E-state index is -0.356. The van der Waals surface area contributed by atoms with Crippen LogP contribution in [-0.2, 0) is 9.53 Å². The topological polar surface area (TPSA) is 55.4 Å². The molecule has 0 spiro atoms. The molecule has 1 heterocycles. The first-order valence-corrected chi connectivity index (χ1v) is 6.94. The monoisotopic (exact) mass is 267 g/mol. The summed E-state index contributed by atoms with van der Waals surface area (Å²) in [7, 11) is 0. The Bertz CT molecular complexity index is 489. The largest absolute Gasteiger partial charge is 0.462 e. The van der Waals surface area contributed by atoms with Crippen molar-refractivity contribution in [2.45, 2.75) is 33.6 Å². The lowest BCUT2D eigenvalue weighted by atomic mass is 10.1. The minimum Gasteiger partial charge on any atom is -0.462 e. The zero-order valence-electron chi connectivity index (χ0n) is 10.8. The van der Waals surface area contributed by atoms with E-state index in [1.807, 2.05) is 13.8 Å². The molecule has 1 aromatic rings. The van der Waals surface area contributed by atoms with Gasteiger partial charge in [-0.25, -0.2) is 4.79 Å². The summed E-state index contributed by atoms with van der Waals surface area (Å²) in [6.07, 6.45) is 1.90. The van der Waals surface area contributed by atoms with Gasteiger partial charge in [-0.15, -0.1) is 11.3 Å². The van der Waals surface area contributed by atoms with Gasteiger partial charge in [-0.2, -0.15) is 0 Å². The molecule has 5 heteroatoms. The average Bonchev–Trinajstić information content (AvgIpc) is 3.09. The summed E-state index contributed by atoms with van der Waals surface area (Å²) >= 11 is 1.44. The third-order valence-corrected chi connectivity index (χ3v) is 4.17. The maximum Gasteiger partial charge on any atom is 0.341 e. The molecule has 0 unspecified atom stereocenters. The summed E-state index contributed by atoms with van der Waals surface area (Å²) in [6.45, 7) is 5.93. The lowest BCUT2D eigenvalue weighted by Crippen LogP contribution is -2.15. The highest BCUT2D eigenvalue weighted by Crippen LogP contribution is 2.36. The van der Waals surface area contributed by atoms with Crippen LogP contribution >= 0.6 is 11.3 Å². The quantitative estimate of drug-likeness (QED) is 0.853. The van der Waals surface area contributed by atoms with Gasteiger partial charge in [0.05, 0.1) is 12.2 Å². The molecule has 2 rings (SSSR count). The number of hydrogen-bond acceptors (Lipinski definition) is 4. The smallest absolute Gasteiger partial charge is 0.341 e. The minimum absolute atomic E-state index is 0.0156. The van der Waals surface area contributed by atoms with Crippen LogP contribution in [0.15, 0.2) is 0 Å². The van der Waals surface area contributed by atoms with Crippen molar-refractivity contribution in [3.05, 3.63) is 16.0 Å². The van der Waals surface area contributed by atoms with Crippen molar-refractivity contribution in [3.8, 4) is 0 Å². The van der Waals surface area contributed by atoms with E-state index >= 15 is 0 Å². The van der Waals surface area contributed by atoms with Gasteiger partial charge in [-0.3, -0.25) is 4.79 Å². The number of thiophene rings is 1. The molecule has 1 aliphatic rings. The van der Waals surface area contributed by atoms with Gasteiger partial charge in [0.15, 0.2) is 0 Å². The number of esters is 1. The maximum absolute atomic E-state index is 11.9. The molecule has 18 heavy (non-hydrogen) atoms. The highest BCUT2D eigenvalue weighted by molar-refractivity contribution is 7.16. The number of carbonyl (C=O) groups is 2. The number of nitrogens with one attached hydrogen (secondary N) is 1. The summed E-state index contributed by atoms with van der Waals surface area (Å²) in [4.78, 5) is 24.7. The zero-order valence-corrected chi connectivity index (χ0v) is 11.6. The summed E-state index contributed by atoms with van der Waals surface area (Å²) in [5.74, 6) is -0.213. The SMILES string of the molecule is CCOC(=O)c1c(NC(=O)C2CC2)sc(C)c1C. The predicted molar refractivity (Wildman–Crippen MR) is 71.1 cm³/mol. The summed E-state index contributed by atoms with van der Waals surface area (Å²) in [5, 5.41) is 3.48. The Kier molecular flexibility index (Phi) is 3.71. The molecular formula is C13H17NO3S. The molecule has 0 aliphatic heterocycles. The van der Waals surface area contributed by atoms with E-state index in [4.69, 9.17) is 4.74 Å². The Balaban J connectivity index is 2.25. The van der Waals surface area contributed by atoms with Gasteiger partial charge in [0, 0.05) is 10.8 Å². The third kappa shape index (κ3) is 2.56. The van der Waals surface area contributed by atoms with E-state index in [0.717, 1.165) is 23.3 Å². The van der Waals surface area contributed by atoms with Crippen molar-refractivity contribution < 1.29 is 14.3 Å². The number of ether oxygens (including phenoxy) is 1. The molecule has 0 radical (unpaired) electrons. The molecule has 1 amide bonds. The van der Waals surface area contributed by atoms with Gasteiger partial charge in [0.2, 0.25) is 5.91 Å². The van der Waals surface area contributed by atoms with Crippen molar-refractivity contribution in [2.75, 3.05) is 11.9 Å². The lowest BCUT2D eigenvalue weighted by Gasteiger charge is -2.06. The Morgan fingerprint density at radius 2 is 2.06 bits per heavy atom. The van der Waals surface area contributed by atoms with Gasteiger partial charge in [-0.05, 0) is 39.2 Å². The fourth-order valence-electron chi connectivity index (χ4n) is 1.72. The molecule has 1 aliphatic carbocycles. The van der Waals surface area contributed by atoms with Crippen molar-refractivity contribution in [1.82, 2.24) is 0 Å². The average molecular weight is 267 g/mol. The normalized spacial score (nSPS) is 14.4. The number of aryl methyl sites for hydroxylation is 1. The van der Waals surface area contributed by atoms with Crippen molar-refractivity contribution >= 4 is 28.2 Å². The molecule has 1 aromatic heterocycles. The van der Waals surface area contributed by atoms with Crippen LogP contribution in [0.2, 0.25) is 0 Å². The molecule has 1 saturated carbocycles. The number of amides is 1. The van der Waals surface area contributed by atoms with Crippen LogP contribution in [0.5, 0.6) is 0 Å². The van der Waals surface area contributed by atoms with E-state index in [0.29, 0.717) is 17.2 Å². The van der Waals surface area contributed by atoms with Crippen LogP contribution in [-0.4, -0.2) is 18.5 Å². The summed E-state index contributed by atoms with van der Waals surface area (Å²) < 4.78 is 5.04. The molecule has 0 aromatic carbocycles. The second-order valence-corrected chi connectivity index (χ2v) is 5.70. The molecule has 0 bridgehead atoms. The van der Waals surface area contributed by atoms with Crippen LogP contribution < -0.4 is 5.32 Å². The van der Waals surface area contributed by atoms with Gasteiger partial charge in [0.1, 0.15) is 5.00 Å². The first-order chi connectivity index (χ1) is 8.54. The molecular weight excluding hydrogens is 250 g/mol. The molecule has 1 N–H and O–H groups in total. The molecule has 1 fully saturated rings. The van der Waals surface area contributed by atoms with E-state index in [1.165, 1.54) is 11.3 Å². The fraction of sp³-hybridized carbons (Fsp3) is 0.538. The predicted octanol–water partition coefficient (Wildman–Crippen LogP) is 2.89. The van der Waals surface area contributed by atoms with Crippen LogP contribution in [0, 0.1) is 19.8 Å². The second kappa shape index (κ2) is 5.10. The number of carbonyl (C=O) groups excluding carboxylic acids is 2. The first kappa shape index (κ1) is 13.1. The van der Waals surface area contributed by atoms with E-state index in [-0.39, 0.29) is 17.8 Å². The summed E-state index contributed by atoms with van der Waals surface area (Å²) in [5.41, 5.74) is 1.40. The van der Waals surface area contributed by atoms with Crippen LogP contribution in [0.3, 0.4) is 0 Å². The van der Waals surface area contributed by atoms with Gasteiger partial charge in [0.25, 0.3) is 0 Å². The standard InChI is InChI=1S/C13H17NO3S/c1-4-17-13(16)10-7(2)8(3)18-12(10)14-11(15)9-5-6-9/h9H,4-6H2,1-3H3,(H,14,15). The molecule has 4 nitrogen and oxygen atoms in total. The number of rotatable bonds is 4. The van der Waals surface area contributed by atoms with E-state index in [1.54, 1.807) is 6.92 Å². The lowest BCUT2D eigenvalue weighted by molar-refractivity contribution is -0.117. The Labute approximate surface area is 110 Å². The van der Waals surface area contributed by atoms with Gasteiger partial charge in [-0.1, -0.05) is 0 Å². The Hall–Kier alpha value is -1.36. The first-order valence-electron chi connectivity index (χ1n) is 6.12. The fourth-order valence-corrected chi connectivity index (χ4v) is 2.78. The van der Waals surface area contributed by atoms with Crippen LogP contribution in [0.1, 0.15) is 40.6 Å². The van der Waals surface area contributed by atoms with Crippen LogP contribution in [0.25, 0.3) is 0 Å². The number of anilines is 1. The molecule has 0 saturated heterocycles. The van der Waals surface area contributed by atoms with Crippen molar-refractivity contribution in [3.63, 3.8) is 0 Å². The molecule has 0 atom stereocenters. The number of hydrogen-bond donors (Lipinski definition) is 1. The molecule has 98 valence electrons. The van der Waals surface area contributed by atoms with E-state index in [9.17, 15) is 9.59 Å². The second-order valence-electron chi connectivity index (χ2n) is 4.47. The third-order valence-electron chi connectivity index (χ3n) is 3.05.